The lowest BCUT2D eigenvalue weighted by molar-refractivity contribution is 0.0254. The summed E-state index contributed by atoms with van der Waals surface area (Å²) in [5.74, 6) is 1.32. The van der Waals surface area contributed by atoms with Crippen LogP contribution in [0.1, 0.15) is 24.0 Å². The molecule has 2 N–H and O–H groups in total. The van der Waals surface area contributed by atoms with Crippen molar-refractivity contribution in [2.75, 3.05) is 19.9 Å². The molecule has 1 fully saturated rings. The van der Waals surface area contributed by atoms with Crippen molar-refractivity contribution in [2.45, 2.75) is 25.6 Å². The highest BCUT2D eigenvalue weighted by Gasteiger charge is 2.18. The molecule has 1 aliphatic heterocycles. The van der Waals surface area contributed by atoms with Gasteiger partial charge in [0, 0.05) is 36.2 Å². The number of pyridine rings is 1. The normalized spacial score (nSPS) is 14.2. The first-order valence-electron chi connectivity index (χ1n) is 11.3. The Morgan fingerprint density at radius 2 is 1.82 bits per heavy atom. The minimum absolute atomic E-state index is 0.0696. The summed E-state index contributed by atoms with van der Waals surface area (Å²) in [5, 5.41) is 9.76. The Hall–Kier alpha value is -3.70. The molecule has 1 aliphatic rings. The van der Waals surface area contributed by atoms with E-state index in [1.165, 1.54) is 0 Å². The van der Waals surface area contributed by atoms with Gasteiger partial charge in [-0.3, -0.25) is 4.98 Å². The topological polar surface area (TPSA) is 104 Å². The van der Waals surface area contributed by atoms with Crippen molar-refractivity contribution in [3.05, 3.63) is 71.9 Å². The van der Waals surface area contributed by atoms with Crippen molar-refractivity contribution in [3.8, 4) is 34.3 Å². The van der Waals surface area contributed by atoms with Gasteiger partial charge in [0.2, 0.25) is 0 Å². The van der Waals surface area contributed by atoms with E-state index in [0.717, 1.165) is 46.4 Å². The van der Waals surface area contributed by atoms with E-state index >= 15 is 0 Å². The molecule has 0 amide bonds. The van der Waals surface area contributed by atoms with E-state index in [4.69, 9.17) is 24.4 Å². The predicted octanol–water partition coefficient (Wildman–Crippen LogP) is 5.02. The molecule has 5 rings (SSSR count). The van der Waals surface area contributed by atoms with Crippen LogP contribution in [0.3, 0.4) is 0 Å². The number of furan rings is 1. The summed E-state index contributed by atoms with van der Waals surface area (Å²) in [6.07, 6.45) is 3.48. The summed E-state index contributed by atoms with van der Waals surface area (Å²) in [6.45, 7) is 2.03. The van der Waals surface area contributed by atoms with E-state index in [9.17, 15) is 5.26 Å². The third kappa shape index (κ3) is 4.66. The Labute approximate surface area is 197 Å². The van der Waals surface area contributed by atoms with Crippen LogP contribution < -0.4 is 10.5 Å². The van der Waals surface area contributed by atoms with Crippen molar-refractivity contribution in [3.63, 3.8) is 0 Å². The largest absolute Gasteiger partial charge is 0.489 e. The number of rotatable bonds is 7. The molecule has 0 spiro atoms. The molecule has 3 heterocycles. The molecule has 4 aromatic rings. The van der Waals surface area contributed by atoms with Gasteiger partial charge >= 0.3 is 0 Å². The highest BCUT2D eigenvalue weighted by atomic mass is 16.5. The van der Waals surface area contributed by atoms with Gasteiger partial charge in [-0.15, -0.1) is 0 Å². The average molecular weight is 456 g/mol. The van der Waals surface area contributed by atoms with Crippen molar-refractivity contribution in [1.82, 2.24) is 4.98 Å². The number of nitrogens with two attached hydrogens (primary N) is 1. The van der Waals surface area contributed by atoms with E-state index in [-0.39, 0.29) is 12.8 Å². The van der Waals surface area contributed by atoms with Gasteiger partial charge in [0.05, 0.1) is 32.1 Å². The number of benzene rings is 2. The van der Waals surface area contributed by atoms with E-state index in [0.29, 0.717) is 36.7 Å². The van der Waals surface area contributed by atoms with Crippen LogP contribution in [0.25, 0.3) is 33.6 Å². The molecule has 2 aromatic heterocycles. The number of nitriles is 1. The van der Waals surface area contributed by atoms with Crippen LogP contribution >= 0.6 is 0 Å². The third-order valence-electron chi connectivity index (χ3n) is 5.91. The summed E-state index contributed by atoms with van der Waals surface area (Å²) >= 11 is 0. The molecule has 0 unspecified atom stereocenters. The zero-order valence-electron chi connectivity index (χ0n) is 18.7. The SMILES string of the molecule is N#Cc1cc(-c2ccnc3cc(-c4ccc(COCN)cc4)oc23)ccc1OC1CCOCC1. The molecule has 7 nitrogen and oxygen atoms in total. The highest BCUT2D eigenvalue weighted by molar-refractivity contribution is 5.92. The van der Waals surface area contributed by atoms with Gasteiger partial charge in [0.15, 0.2) is 5.58 Å². The number of hydrogen-bond acceptors (Lipinski definition) is 7. The third-order valence-corrected chi connectivity index (χ3v) is 5.91. The van der Waals surface area contributed by atoms with Crippen LogP contribution in [-0.2, 0) is 16.1 Å². The minimum Gasteiger partial charge on any atom is -0.489 e. The summed E-state index contributed by atoms with van der Waals surface area (Å²) < 4.78 is 23.0. The number of fused-ring (bicyclic) bond motifs is 1. The number of ether oxygens (including phenoxy) is 3. The molecule has 0 atom stereocenters. The lowest BCUT2D eigenvalue weighted by Crippen LogP contribution is -2.26. The maximum atomic E-state index is 9.76. The van der Waals surface area contributed by atoms with Crippen molar-refractivity contribution in [2.24, 2.45) is 5.73 Å². The van der Waals surface area contributed by atoms with E-state index < -0.39 is 0 Å². The zero-order valence-corrected chi connectivity index (χ0v) is 18.7. The molecule has 0 aliphatic carbocycles. The monoisotopic (exact) mass is 455 g/mol. The predicted molar refractivity (Wildman–Crippen MR) is 128 cm³/mol. The lowest BCUT2D eigenvalue weighted by Gasteiger charge is -2.23. The Balaban J connectivity index is 1.45. The minimum atomic E-state index is 0.0696. The maximum absolute atomic E-state index is 9.76. The van der Waals surface area contributed by atoms with Crippen molar-refractivity contribution < 1.29 is 18.6 Å². The highest BCUT2D eigenvalue weighted by Crippen LogP contribution is 2.35. The van der Waals surface area contributed by atoms with Gasteiger partial charge in [-0.25, -0.2) is 0 Å². The Morgan fingerprint density at radius 1 is 1.03 bits per heavy atom. The van der Waals surface area contributed by atoms with Crippen molar-refractivity contribution >= 4 is 11.1 Å². The fourth-order valence-corrected chi connectivity index (χ4v) is 4.11. The number of aromatic nitrogens is 1. The van der Waals surface area contributed by atoms with Gasteiger partial charge in [-0.2, -0.15) is 5.26 Å². The Morgan fingerprint density at radius 3 is 2.59 bits per heavy atom. The molecule has 7 heteroatoms. The Bertz CT molecular complexity index is 1320. The molecule has 0 radical (unpaired) electrons. The average Bonchev–Trinajstić information content (AvgIpc) is 3.33. The molecular weight excluding hydrogens is 430 g/mol. The van der Waals surface area contributed by atoms with E-state index in [1.807, 2.05) is 54.6 Å². The standard InChI is InChI=1S/C27H25N3O4/c28-15-21-13-20(5-6-25(21)33-22-8-11-31-12-9-22)23-7-10-30-24-14-26(34-27(23)24)19-3-1-18(2-4-19)16-32-17-29/h1-7,10,13-14,22H,8-9,11-12,16-17,29H2. The van der Waals surface area contributed by atoms with Crippen LogP contribution in [0.2, 0.25) is 0 Å². The number of nitrogens with zero attached hydrogens (tertiary/aromatic N) is 2. The molecule has 34 heavy (non-hydrogen) atoms. The van der Waals surface area contributed by atoms with Crippen LogP contribution in [-0.4, -0.2) is 31.0 Å². The van der Waals surface area contributed by atoms with Gasteiger partial charge in [0.1, 0.15) is 29.2 Å². The molecule has 0 bridgehead atoms. The van der Waals surface area contributed by atoms with Gasteiger partial charge in [-0.05, 0) is 29.3 Å². The second kappa shape index (κ2) is 10.1. The zero-order chi connectivity index (χ0) is 23.3. The van der Waals surface area contributed by atoms with Crippen LogP contribution in [0.5, 0.6) is 5.75 Å². The quantitative estimate of drug-likeness (QED) is 0.390. The molecule has 1 saturated heterocycles. The second-order valence-electron chi connectivity index (χ2n) is 8.15. The van der Waals surface area contributed by atoms with Crippen LogP contribution in [0.4, 0.5) is 0 Å². The van der Waals surface area contributed by atoms with Gasteiger partial charge in [-0.1, -0.05) is 30.3 Å². The van der Waals surface area contributed by atoms with Gasteiger partial charge in [0.25, 0.3) is 0 Å². The summed E-state index contributed by atoms with van der Waals surface area (Å²) in [7, 11) is 0. The van der Waals surface area contributed by atoms with Crippen molar-refractivity contribution in [1.29, 1.82) is 5.26 Å². The maximum Gasteiger partial charge on any atom is 0.161 e. The first-order chi connectivity index (χ1) is 16.7. The lowest BCUT2D eigenvalue weighted by atomic mass is 10.0. The number of hydrogen-bond donors (Lipinski definition) is 1. The first-order valence-corrected chi connectivity index (χ1v) is 11.3. The molecule has 172 valence electrons. The second-order valence-corrected chi connectivity index (χ2v) is 8.15. The smallest absolute Gasteiger partial charge is 0.161 e. The fraction of sp³-hybridized carbons (Fsp3) is 0.259. The van der Waals surface area contributed by atoms with E-state index in [2.05, 4.69) is 11.1 Å². The van der Waals surface area contributed by atoms with Crippen LogP contribution in [0.15, 0.2) is 65.2 Å². The van der Waals surface area contributed by atoms with Crippen LogP contribution in [0, 0.1) is 11.3 Å². The molecular formula is C27H25N3O4. The molecule has 0 saturated carbocycles. The summed E-state index contributed by atoms with van der Waals surface area (Å²) in [5.41, 5.74) is 11.1. The first kappa shape index (κ1) is 22.1. The summed E-state index contributed by atoms with van der Waals surface area (Å²) in [4.78, 5) is 4.48. The van der Waals surface area contributed by atoms with Gasteiger partial charge < -0.3 is 24.4 Å². The molecule has 2 aromatic carbocycles. The Kier molecular flexibility index (Phi) is 6.54. The van der Waals surface area contributed by atoms with E-state index in [1.54, 1.807) is 6.20 Å². The summed E-state index contributed by atoms with van der Waals surface area (Å²) in [6, 6.07) is 19.7. The fourth-order valence-electron chi connectivity index (χ4n) is 4.11.